The number of anilines is 1. The van der Waals surface area contributed by atoms with Crippen LogP contribution in [0.1, 0.15) is 43.5 Å². The highest BCUT2D eigenvalue weighted by atomic mass is 16.3. The lowest BCUT2D eigenvalue weighted by atomic mass is 9.82. The van der Waals surface area contributed by atoms with Gasteiger partial charge >= 0.3 is 0 Å². The van der Waals surface area contributed by atoms with Crippen molar-refractivity contribution in [2.45, 2.75) is 40.7 Å². The maximum absolute atomic E-state index is 13.1. The summed E-state index contributed by atoms with van der Waals surface area (Å²) in [5.41, 5.74) is 2.95. The van der Waals surface area contributed by atoms with Crippen molar-refractivity contribution in [3.8, 4) is 0 Å². The molecule has 0 radical (unpaired) electrons. The molecule has 140 valence electrons. The molecule has 0 aromatic heterocycles. The molecule has 0 saturated heterocycles. The summed E-state index contributed by atoms with van der Waals surface area (Å²) in [6, 6.07) is 14.6. The number of benzene rings is 2. The summed E-state index contributed by atoms with van der Waals surface area (Å²) in [6.07, 6.45) is 0. The summed E-state index contributed by atoms with van der Waals surface area (Å²) in [5, 5.41) is 10.7. The van der Waals surface area contributed by atoms with Crippen LogP contribution in [0.3, 0.4) is 0 Å². The monoisotopic (exact) mass is 363 g/mol. The minimum Gasteiger partial charge on any atom is -0.503 e. The van der Waals surface area contributed by atoms with Crippen LogP contribution in [0.4, 0.5) is 5.69 Å². The third-order valence-electron chi connectivity index (χ3n) is 4.73. The van der Waals surface area contributed by atoms with Crippen LogP contribution in [0.5, 0.6) is 0 Å². The second kappa shape index (κ2) is 6.69. The SMILES string of the molecule is Cc1cc(C)cc(N2C(=O)C(O)=C(C(=O)C(C)(C)C)C2c2ccccc2)c1. The Morgan fingerprint density at radius 2 is 1.56 bits per heavy atom. The molecule has 0 spiro atoms. The van der Waals surface area contributed by atoms with Gasteiger partial charge < -0.3 is 5.11 Å². The van der Waals surface area contributed by atoms with E-state index in [1.165, 1.54) is 4.90 Å². The molecule has 2 aromatic carbocycles. The lowest BCUT2D eigenvalue weighted by Gasteiger charge is -2.29. The highest BCUT2D eigenvalue weighted by Gasteiger charge is 2.46. The summed E-state index contributed by atoms with van der Waals surface area (Å²) in [4.78, 5) is 27.7. The highest BCUT2D eigenvalue weighted by molar-refractivity contribution is 6.17. The van der Waals surface area contributed by atoms with Crippen molar-refractivity contribution in [1.29, 1.82) is 0 Å². The fourth-order valence-electron chi connectivity index (χ4n) is 3.55. The van der Waals surface area contributed by atoms with Crippen LogP contribution in [0.15, 0.2) is 59.9 Å². The van der Waals surface area contributed by atoms with E-state index >= 15 is 0 Å². The van der Waals surface area contributed by atoms with Crippen LogP contribution in [0.25, 0.3) is 0 Å². The molecule has 1 heterocycles. The van der Waals surface area contributed by atoms with Crippen molar-refractivity contribution in [1.82, 2.24) is 0 Å². The number of rotatable bonds is 3. The summed E-state index contributed by atoms with van der Waals surface area (Å²) in [7, 11) is 0. The number of carbonyl (C=O) groups excluding carboxylic acids is 2. The number of aliphatic hydroxyl groups is 1. The average Bonchev–Trinajstić information content (AvgIpc) is 2.85. The number of hydrogen-bond acceptors (Lipinski definition) is 3. The van der Waals surface area contributed by atoms with Gasteiger partial charge in [0.25, 0.3) is 5.91 Å². The van der Waals surface area contributed by atoms with Crippen LogP contribution in [-0.2, 0) is 9.59 Å². The number of nitrogens with zero attached hydrogens (tertiary/aromatic N) is 1. The van der Waals surface area contributed by atoms with Crippen molar-refractivity contribution < 1.29 is 14.7 Å². The van der Waals surface area contributed by atoms with Gasteiger partial charge in [0.05, 0.1) is 11.6 Å². The molecule has 1 aliphatic rings. The molecule has 0 bridgehead atoms. The molecule has 1 atom stereocenters. The normalized spacial score (nSPS) is 17.6. The van der Waals surface area contributed by atoms with Crippen LogP contribution in [0, 0.1) is 19.3 Å². The van der Waals surface area contributed by atoms with E-state index in [-0.39, 0.29) is 11.4 Å². The first-order valence-electron chi connectivity index (χ1n) is 9.06. The van der Waals surface area contributed by atoms with Crippen molar-refractivity contribution in [2.75, 3.05) is 4.90 Å². The van der Waals surface area contributed by atoms with Crippen molar-refractivity contribution >= 4 is 17.4 Å². The topological polar surface area (TPSA) is 57.6 Å². The van der Waals surface area contributed by atoms with Crippen molar-refractivity contribution in [3.63, 3.8) is 0 Å². The Kier molecular flexibility index (Phi) is 4.68. The van der Waals surface area contributed by atoms with Crippen molar-refractivity contribution in [3.05, 3.63) is 76.6 Å². The molecule has 1 aliphatic heterocycles. The van der Waals surface area contributed by atoms with Gasteiger partial charge in [-0.25, -0.2) is 0 Å². The van der Waals surface area contributed by atoms with E-state index in [0.29, 0.717) is 5.69 Å². The zero-order chi connectivity index (χ0) is 19.9. The maximum Gasteiger partial charge on any atom is 0.294 e. The summed E-state index contributed by atoms with van der Waals surface area (Å²) in [5.74, 6) is -1.22. The summed E-state index contributed by atoms with van der Waals surface area (Å²) >= 11 is 0. The molecular formula is C23H25NO3. The largest absolute Gasteiger partial charge is 0.503 e. The fraction of sp³-hybridized carbons (Fsp3) is 0.304. The van der Waals surface area contributed by atoms with Gasteiger partial charge in [0, 0.05) is 11.1 Å². The minimum atomic E-state index is -0.713. The minimum absolute atomic E-state index is 0.165. The lowest BCUT2D eigenvalue weighted by molar-refractivity contribution is -0.123. The Balaban J connectivity index is 2.23. The van der Waals surface area contributed by atoms with Gasteiger partial charge in [-0.15, -0.1) is 0 Å². The first kappa shape index (κ1) is 18.9. The quantitative estimate of drug-likeness (QED) is 0.851. The van der Waals surface area contributed by atoms with Crippen LogP contribution in [0.2, 0.25) is 0 Å². The Morgan fingerprint density at radius 3 is 2.07 bits per heavy atom. The van der Waals surface area contributed by atoms with Crippen molar-refractivity contribution in [2.24, 2.45) is 5.41 Å². The van der Waals surface area contributed by atoms with Gasteiger partial charge in [-0.1, -0.05) is 57.2 Å². The van der Waals surface area contributed by atoms with E-state index in [2.05, 4.69) is 0 Å². The zero-order valence-corrected chi connectivity index (χ0v) is 16.4. The molecule has 2 aromatic rings. The highest BCUT2D eigenvalue weighted by Crippen LogP contribution is 2.43. The third-order valence-corrected chi connectivity index (χ3v) is 4.73. The predicted octanol–water partition coefficient (Wildman–Crippen LogP) is 4.82. The smallest absolute Gasteiger partial charge is 0.294 e. The van der Waals surface area contributed by atoms with Crippen LogP contribution < -0.4 is 4.90 Å². The van der Waals surface area contributed by atoms with E-state index in [0.717, 1.165) is 16.7 Å². The number of aryl methyl sites for hydroxylation is 2. The molecule has 4 nitrogen and oxygen atoms in total. The molecule has 3 rings (SSSR count). The molecule has 4 heteroatoms. The number of ketones is 1. The lowest BCUT2D eigenvalue weighted by Crippen LogP contribution is -2.32. The Hall–Kier alpha value is -2.88. The molecule has 0 aliphatic carbocycles. The fourth-order valence-corrected chi connectivity index (χ4v) is 3.55. The number of Topliss-reactive ketones (excluding diaryl/α,β-unsaturated/α-hetero) is 1. The zero-order valence-electron chi connectivity index (χ0n) is 16.4. The molecular weight excluding hydrogens is 338 g/mol. The number of amides is 1. The standard InChI is InChI=1S/C23H25NO3/c1-14-11-15(2)13-17(12-14)24-19(16-9-7-6-8-10-16)18(20(25)22(24)27)21(26)23(3,4)5/h6-13,19,25H,1-5H3. The van der Waals surface area contributed by atoms with Gasteiger partial charge in [-0.2, -0.15) is 0 Å². The van der Waals surface area contributed by atoms with Gasteiger partial charge in [0.1, 0.15) is 0 Å². The van der Waals surface area contributed by atoms with E-state index in [9.17, 15) is 14.7 Å². The predicted molar refractivity (Wildman–Crippen MR) is 107 cm³/mol. The maximum atomic E-state index is 13.1. The second-order valence-electron chi connectivity index (χ2n) is 8.18. The average molecular weight is 363 g/mol. The molecule has 1 amide bonds. The Labute approximate surface area is 160 Å². The molecule has 0 fully saturated rings. The Morgan fingerprint density at radius 1 is 1.00 bits per heavy atom. The van der Waals surface area contributed by atoms with Gasteiger partial charge in [0.15, 0.2) is 11.5 Å². The summed E-state index contributed by atoms with van der Waals surface area (Å²) in [6.45, 7) is 9.30. The molecule has 1 unspecified atom stereocenters. The van der Waals surface area contributed by atoms with E-state index < -0.39 is 23.1 Å². The third kappa shape index (κ3) is 3.39. The van der Waals surface area contributed by atoms with Gasteiger partial charge in [0.2, 0.25) is 0 Å². The first-order chi connectivity index (χ1) is 12.6. The molecule has 1 N–H and O–H groups in total. The van der Waals surface area contributed by atoms with Crippen LogP contribution >= 0.6 is 0 Å². The van der Waals surface area contributed by atoms with Gasteiger partial charge in [-0.05, 0) is 42.7 Å². The summed E-state index contributed by atoms with van der Waals surface area (Å²) < 4.78 is 0. The van der Waals surface area contributed by atoms with Gasteiger partial charge in [-0.3, -0.25) is 14.5 Å². The van der Waals surface area contributed by atoms with E-state index in [1.54, 1.807) is 20.8 Å². The number of hydrogen-bond donors (Lipinski definition) is 1. The number of aliphatic hydroxyl groups excluding tert-OH is 1. The van der Waals surface area contributed by atoms with E-state index in [4.69, 9.17) is 0 Å². The molecule has 0 saturated carbocycles. The van der Waals surface area contributed by atoms with E-state index in [1.807, 2.05) is 62.4 Å². The Bertz CT molecular complexity index is 916. The second-order valence-corrected chi connectivity index (χ2v) is 8.18. The van der Waals surface area contributed by atoms with Crippen LogP contribution in [-0.4, -0.2) is 16.8 Å². The molecule has 27 heavy (non-hydrogen) atoms. The first-order valence-corrected chi connectivity index (χ1v) is 9.06. The number of carbonyl (C=O) groups is 2.